The van der Waals surface area contributed by atoms with E-state index < -0.39 is 37.3 Å². The number of hydrogen-bond donors (Lipinski definition) is 4. The van der Waals surface area contributed by atoms with Gasteiger partial charge in [0.2, 0.25) is 0 Å². The quantitative estimate of drug-likeness (QED) is 0.177. The van der Waals surface area contributed by atoms with Crippen LogP contribution in [0.15, 0.2) is 6.20 Å². The van der Waals surface area contributed by atoms with Crippen molar-refractivity contribution in [2.45, 2.75) is 134 Å². The average molecular weight is 500 g/mol. The van der Waals surface area contributed by atoms with Crippen LogP contribution < -0.4 is 0 Å². The number of ether oxygens (including phenoxy) is 2. The molecule has 1 aliphatic rings. The minimum Gasteiger partial charge on any atom is -0.459 e. The van der Waals surface area contributed by atoms with Crippen molar-refractivity contribution in [2.75, 3.05) is 6.61 Å². The van der Waals surface area contributed by atoms with Gasteiger partial charge in [-0.25, -0.2) is 4.68 Å². The molecule has 35 heavy (non-hydrogen) atoms. The van der Waals surface area contributed by atoms with E-state index in [-0.39, 0.29) is 12.6 Å². The summed E-state index contributed by atoms with van der Waals surface area (Å²) >= 11 is 0. The molecule has 0 radical (unpaired) electrons. The summed E-state index contributed by atoms with van der Waals surface area (Å²) in [5.41, 5.74) is 0.362. The summed E-state index contributed by atoms with van der Waals surface area (Å²) < 4.78 is 11.9. The summed E-state index contributed by atoms with van der Waals surface area (Å²) in [5.74, 6) is -0.296. The fraction of sp³-hybridized carbons (Fsp3) is 0.880. The normalized spacial score (nSPS) is 24.5. The molecular formula is C25H45N3O7. The molecule has 1 saturated heterocycles. The number of carbonyl (C=O) groups is 1. The van der Waals surface area contributed by atoms with Crippen LogP contribution >= 0.6 is 0 Å². The zero-order chi connectivity index (χ0) is 25.5. The number of unbranched alkanes of at least 4 members (excludes halogenated alkanes) is 12. The zero-order valence-electron chi connectivity index (χ0n) is 21.1. The lowest BCUT2D eigenvalue weighted by molar-refractivity contribution is -0.254. The predicted octanol–water partition coefficient (Wildman–Crippen LogP) is 2.77. The van der Waals surface area contributed by atoms with Crippen molar-refractivity contribution in [3.8, 4) is 0 Å². The molecule has 5 atom stereocenters. The van der Waals surface area contributed by atoms with Crippen LogP contribution in [0.3, 0.4) is 0 Å². The highest BCUT2D eigenvalue weighted by molar-refractivity contribution is 5.69. The first kappa shape index (κ1) is 29.6. The first-order valence-corrected chi connectivity index (χ1v) is 13.3. The maximum atomic E-state index is 12.0. The van der Waals surface area contributed by atoms with Crippen molar-refractivity contribution in [2.24, 2.45) is 0 Å². The number of esters is 1. The van der Waals surface area contributed by atoms with E-state index in [1.165, 1.54) is 75.1 Å². The van der Waals surface area contributed by atoms with Crippen molar-refractivity contribution in [3.63, 3.8) is 0 Å². The van der Waals surface area contributed by atoms with E-state index in [0.717, 1.165) is 19.3 Å². The Morgan fingerprint density at radius 1 is 0.914 bits per heavy atom. The summed E-state index contributed by atoms with van der Waals surface area (Å²) in [5, 5.41) is 47.0. The minimum absolute atomic E-state index is 0.0608. The zero-order valence-corrected chi connectivity index (χ0v) is 21.1. The molecule has 10 nitrogen and oxygen atoms in total. The van der Waals surface area contributed by atoms with E-state index in [2.05, 4.69) is 17.2 Å². The molecule has 4 N–H and O–H groups in total. The van der Waals surface area contributed by atoms with Gasteiger partial charge < -0.3 is 29.9 Å². The molecule has 1 fully saturated rings. The highest BCUT2D eigenvalue weighted by atomic mass is 16.6. The third-order valence-electron chi connectivity index (χ3n) is 6.55. The van der Waals surface area contributed by atoms with Crippen LogP contribution in [-0.2, 0) is 20.9 Å². The Balaban J connectivity index is 1.53. The second-order valence-corrected chi connectivity index (χ2v) is 9.56. The molecule has 0 amide bonds. The summed E-state index contributed by atoms with van der Waals surface area (Å²) in [6.45, 7) is 1.66. The average Bonchev–Trinajstić information content (AvgIpc) is 3.33. The second kappa shape index (κ2) is 17.0. The predicted molar refractivity (Wildman–Crippen MR) is 129 cm³/mol. The van der Waals surface area contributed by atoms with E-state index in [4.69, 9.17) is 9.47 Å². The van der Waals surface area contributed by atoms with Gasteiger partial charge in [-0.15, -0.1) is 5.10 Å². The molecule has 1 aromatic rings. The molecule has 1 aromatic heterocycles. The lowest BCUT2D eigenvalue weighted by Crippen LogP contribution is -2.56. The van der Waals surface area contributed by atoms with E-state index >= 15 is 0 Å². The fourth-order valence-electron chi connectivity index (χ4n) is 4.32. The number of rotatable bonds is 18. The molecule has 0 spiro atoms. The third kappa shape index (κ3) is 10.5. The van der Waals surface area contributed by atoms with Crippen LogP contribution in [0.1, 0.15) is 109 Å². The molecule has 0 bridgehead atoms. The van der Waals surface area contributed by atoms with Crippen LogP contribution in [0.4, 0.5) is 0 Å². The molecule has 0 aromatic carbocycles. The largest absolute Gasteiger partial charge is 0.459 e. The molecule has 2 rings (SSSR count). The Morgan fingerprint density at radius 2 is 1.49 bits per heavy atom. The number of aliphatic hydroxyl groups is 4. The van der Waals surface area contributed by atoms with E-state index in [1.807, 2.05) is 0 Å². The Kier molecular flexibility index (Phi) is 14.4. The number of carbonyl (C=O) groups excluding carboxylic acids is 1. The van der Waals surface area contributed by atoms with Gasteiger partial charge >= 0.3 is 5.97 Å². The van der Waals surface area contributed by atoms with Gasteiger partial charge in [-0.3, -0.25) is 4.79 Å². The van der Waals surface area contributed by atoms with Crippen LogP contribution in [0.2, 0.25) is 0 Å². The standard InChI is InChI=1S/C25H45N3O7/c1-2-3-4-5-6-7-8-9-10-11-12-13-14-15-21(30)34-18-19-16-28(27-26-19)25-24(33)23(32)22(31)20(17-29)35-25/h16,20,22-25,29,31-33H,2-15,17-18H2,1H3/t20-,22+,23+,24-,25-/m1/s1. The lowest BCUT2D eigenvalue weighted by Gasteiger charge is -2.39. The third-order valence-corrected chi connectivity index (χ3v) is 6.55. The Bertz CT molecular complexity index is 700. The van der Waals surface area contributed by atoms with Crippen LogP contribution in [0, 0.1) is 0 Å². The van der Waals surface area contributed by atoms with Crippen molar-refractivity contribution in [3.05, 3.63) is 11.9 Å². The first-order valence-electron chi connectivity index (χ1n) is 13.3. The molecule has 10 heteroatoms. The van der Waals surface area contributed by atoms with Crippen LogP contribution in [0.25, 0.3) is 0 Å². The van der Waals surface area contributed by atoms with Gasteiger partial charge in [-0.1, -0.05) is 89.2 Å². The molecule has 202 valence electrons. The van der Waals surface area contributed by atoms with Crippen molar-refractivity contribution < 1.29 is 34.7 Å². The van der Waals surface area contributed by atoms with Crippen molar-refractivity contribution in [1.82, 2.24) is 15.0 Å². The van der Waals surface area contributed by atoms with Crippen molar-refractivity contribution >= 4 is 5.97 Å². The Morgan fingerprint density at radius 3 is 2.06 bits per heavy atom. The number of hydrogen-bond acceptors (Lipinski definition) is 9. The SMILES string of the molecule is CCCCCCCCCCCCCCCC(=O)OCc1cn([C@@H]2O[C@H](CO)[C@H](O)[C@H](O)[C@H]2O)nn1. The maximum absolute atomic E-state index is 12.0. The van der Waals surface area contributed by atoms with Gasteiger partial charge in [-0.2, -0.15) is 0 Å². The van der Waals surface area contributed by atoms with Gasteiger partial charge in [0.15, 0.2) is 6.23 Å². The highest BCUT2D eigenvalue weighted by Gasteiger charge is 2.44. The molecular weight excluding hydrogens is 454 g/mol. The Hall–Kier alpha value is -1.59. The van der Waals surface area contributed by atoms with Crippen molar-refractivity contribution in [1.29, 1.82) is 0 Å². The lowest BCUT2D eigenvalue weighted by atomic mass is 9.98. The van der Waals surface area contributed by atoms with Gasteiger partial charge in [0.25, 0.3) is 0 Å². The molecule has 0 aliphatic carbocycles. The molecule has 0 saturated carbocycles. The highest BCUT2D eigenvalue weighted by Crippen LogP contribution is 2.27. The fourth-order valence-corrected chi connectivity index (χ4v) is 4.32. The molecule has 0 unspecified atom stereocenters. The monoisotopic (exact) mass is 499 g/mol. The maximum Gasteiger partial charge on any atom is 0.306 e. The smallest absolute Gasteiger partial charge is 0.306 e. The second-order valence-electron chi connectivity index (χ2n) is 9.56. The summed E-state index contributed by atoms with van der Waals surface area (Å²) in [7, 11) is 0. The summed E-state index contributed by atoms with van der Waals surface area (Å²) in [4.78, 5) is 12.0. The summed E-state index contributed by atoms with van der Waals surface area (Å²) in [6.07, 6.45) is 11.4. The van der Waals surface area contributed by atoms with Crippen LogP contribution in [-0.4, -0.2) is 72.4 Å². The minimum atomic E-state index is -1.50. The van der Waals surface area contributed by atoms with Gasteiger partial charge in [0.1, 0.15) is 36.7 Å². The Labute approximate surface area is 208 Å². The molecule has 2 heterocycles. The van der Waals surface area contributed by atoms with E-state index in [0.29, 0.717) is 12.1 Å². The van der Waals surface area contributed by atoms with Crippen LogP contribution in [0.5, 0.6) is 0 Å². The van der Waals surface area contributed by atoms with E-state index in [1.54, 1.807) is 0 Å². The topological polar surface area (TPSA) is 147 Å². The van der Waals surface area contributed by atoms with Gasteiger partial charge in [0, 0.05) is 6.42 Å². The van der Waals surface area contributed by atoms with Gasteiger partial charge in [0.05, 0.1) is 12.8 Å². The van der Waals surface area contributed by atoms with E-state index in [9.17, 15) is 25.2 Å². The first-order chi connectivity index (χ1) is 17.0. The number of aliphatic hydroxyl groups excluding tert-OH is 4. The van der Waals surface area contributed by atoms with Gasteiger partial charge in [-0.05, 0) is 6.42 Å². The number of aromatic nitrogens is 3. The number of nitrogens with zero attached hydrogens (tertiary/aromatic N) is 3. The summed E-state index contributed by atoms with van der Waals surface area (Å²) in [6, 6.07) is 0. The molecule has 1 aliphatic heterocycles.